The Labute approximate surface area is 91.9 Å². The molecule has 2 rings (SSSR count). The van der Waals surface area contributed by atoms with E-state index in [1.54, 1.807) is 0 Å². The van der Waals surface area contributed by atoms with Gasteiger partial charge in [0.25, 0.3) is 0 Å². The summed E-state index contributed by atoms with van der Waals surface area (Å²) in [4.78, 5) is 2.47. The molecule has 0 atom stereocenters. The van der Waals surface area contributed by atoms with Crippen molar-refractivity contribution < 1.29 is 4.74 Å². The number of rotatable bonds is 3. The Kier molecular flexibility index (Phi) is 3.75. The molecule has 1 heterocycles. The second kappa shape index (κ2) is 5.29. The van der Waals surface area contributed by atoms with E-state index in [4.69, 9.17) is 4.74 Å². The smallest absolute Gasteiger partial charge is 0.0594 e. The zero-order chi connectivity index (χ0) is 10.5. The van der Waals surface area contributed by atoms with E-state index in [0.717, 1.165) is 39.3 Å². The maximum Gasteiger partial charge on any atom is 0.0594 e. The summed E-state index contributed by atoms with van der Waals surface area (Å²) < 4.78 is 5.35. The molecule has 0 saturated carbocycles. The van der Waals surface area contributed by atoms with E-state index in [9.17, 15) is 0 Å². The molecule has 1 fully saturated rings. The Bertz CT molecular complexity index is 305. The van der Waals surface area contributed by atoms with E-state index in [1.165, 1.54) is 11.1 Å². The fourth-order valence-corrected chi connectivity index (χ4v) is 2.06. The molecule has 1 aromatic carbocycles. The molecule has 0 unspecified atom stereocenters. The van der Waals surface area contributed by atoms with Crippen molar-refractivity contribution in [1.29, 1.82) is 0 Å². The quantitative estimate of drug-likeness (QED) is 0.749. The highest BCUT2D eigenvalue weighted by molar-refractivity contribution is 5.26. The molecule has 15 heavy (non-hydrogen) atoms. The predicted molar refractivity (Wildman–Crippen MR) is 61.9 cm³/mol. The van der Waals surface area contributed by atoms with E-state index >= 15 is 0 Å². The Hall–Kier alpha value is -0.860. The van der Waals surface area contributed by atoms with Crippen LogP contribution in [0.25, 0.3) is 0 Å². The van der Waals surface area contributed by atoms with Gasteiger partial charge in [-0.1, -0.05) is 31.2 Å². The third-order valence-corrected chi connectivity index (χ3v) is 3.00. The molecule has 0 N–H and O–H groups in total. The Morgan fingerprint density at radius 1 is 1.13 bits per heavy atom. The minimum atomic E-state index is 0.883. The molecule has 1 aliphatic heterocycles. The molecule has 0 aliphatic carbocycles. The lowest BCUT2D eigenvalue weighted by Gasteiger charge is -2.27. The highest BCUT2D eigenvalue weighted by Gasteiger charge is 2.11. The number of ether oxygens (including phenoxy) is 1. The van der Waals surface area contributed by atoms with Crippen molar-refractivity contribution in [3.05, 3.63) is 35.4 Å². The van der Waals surface area contributed by atoms with Gasteiger partial charge < -0.3 is 4.74 Å². The van der Waals surface area contributed by atoms with Crippen molar-refractivity contribution in [1.82, 2.24) is 4.90 Å². The number of benzene rings is 1. The molecule has 2 nitrogen and oxygen atoms in total. The summed E-state index contributed by atoms with van der Waals surface area (Å²) in [5.74, 6) is 0. The normalized spacial score (nSPS) is 17.9. The van der Waals surface area contributed by atoms with Crippen molar-refractivity contribution >= 4 is 0 Å². The monoisotopic (exact) mass is 205 g/mol. The van der Waals surface area contributed by atoms with Crippen LogP contribution in [-0.2, 0) is 17.7 Å². The number of nitrogens with zero attached hydrogens (tertiary/aromatic N) is 1. The van der Waals surface area contributed by atoms with Gasteiger partial charge in [-0.3, -0.25) is 4.90 Å². The molecule has 1 saturated heterocycles. The van der Waals surface area contributed by atoms with Crippen LogP contribution in [-0.4, -0.2) is 31.2 Å². The summed E-state index contributed by atoms with van der Waals surface area (Å²) in [5, 5.41) is 0. The predicted octanol–water partition coefficient (Wildman–Crippen LogP) is 2.08. The second-order valence-electron chi connectivity index (χ2n) is 4.01. The van der Waals surface area contributed by atoms with Crippen LogP contribution in [0.15, 0.2) is 24.3 Å². The van der Waals surface area contributed by atoms with Crippen LogP contribution < -0.4 is 0 Å². The summed E-state index contributed by atoms with van der Waals surface area (Å²) in [5.41, 5.74) is 2.95. The van der Waals surface area contributed by atoms with Gasteiger partial charge in [-0.15, -0.1) is 0 Å². The van der Waals surface area contributed by atoms with Crippen LogP contribution in [0.1, 0.15) is 18.1 Å². The summed E-state index contributed by atoms with van der Waals surface area (Å²) >= 11 is 0. The van der Waals surface area contributed by atoms with Crippen LogP contribution in [0, 0.1) is 0 Å². The lowest BCUT2D eigenvalue weighted by molar-refractivity contribution is 0.0341. The number of morpholine rings is 1. The number of hydrogen-bond acceptors (Lipinski definition) is 2. The molecule has 2 heteroatoms. The number of aryl methyl sites for hydroxylation is 1. The maximum absolute atomic E-state index is 5.35. The van der Waals surface area contributed by atoms with Gasteiger partial charge in [0.1, 0.15) is 0 Å². The van der Waals surface area contributed by atoms with Crippen LogP contribution in [0.3, 0.4) is 0 Å². The Morgan fingerprint density at radius 2 is 1.80 bits per heavy atom. The molecule has 0 bridgehead atoms. The van der Waals surface area contributed by atoms with Gasteiger partial charge in [0.15, 0.2) is 0 Å². The first-order chi connectivity index (χ1) is 7.40. The Balaban J connectivity index is 2.02. The van der Waals surface area contributed by atoms with Gasteiger partial charge >= 0.3 is 0 Å². The molecule has 1 aliphatic rings. The van der Waals surface area contributed by atoms with Crippen LogP contribution in [0.2, 0.25) is 0 Å². The fourth-order valence-electron chi connectivity index (χ4n) is 2.06. The standard InChI is InChI=1S/C13H19NO/c1-2-12-5-3-4-6-13(12)11-14-7-9-15-10-8-14/h3-6H,2,7-11H2,1H3. The summed E-state index contributed by atoms with van der Waals surface area (Å²) in [7, 11) is 0. The van der Waals surface area contributed by atoms with Crippen molar-refractivity contribution in [2.24, 2.45) is 0 Å². The SMILES string of the molecule is CCc1ccccc1CN1CCOCC1. The fraction of sp³-hybridized carbons (Fsp3) is 0.538. The topological polar surface area (TPSA) is 12.5 Å². The molecule has 1 aromatic rings. The summed E-state index contributed by atoms with van der Waals surface area (Å²) in [6.07, 6.45) is 1.13. The number of hydrogen-bond donors (Lipinski definition) is 0. The van der Waals surface area contributed by atoms with E-state index in [-0.39, 0.29) is 0 Å². The van der Waals surface area contributed by atoms with Crippen molar-refractivity contribution in [3.63, 3.8) is 0 Å². The average Bonchev–Trinajstić information content (AvgIpc) is 2.31. The Morgan fingerprint density at radius 3 is 2.47 bits per heavy atom. The van der Waals surface area contributed by atoms with Crippen LogP contribution >= 0.6 is 0 Å². The molecule has 82 valence electrons. The van der Waals surface area contributed by atoms with Gasteiger partial charge in [-0.05, 0) is 17.5 Å². The molecule has 0 aromatic heterocycles. The largest absolute Gasteiger partial charge is 0.379 e. The third kappa shape index (κ3) is 2.80. The highest BCUT2D eigenvalue weighted by atomic mass is 16.5. The lowest BCUT2D eigenvalue weighted by Crippen LogP contribution is -2.35. The lowest BCUT2D eigenvalue weighted by atomic mass is 10.0. The van der Waals surface area contributed by atoms with Gasteiger partial charge in [0.05, 0.1) is 13.2 Å². The molecular formula is C13H19NO. The summed E-state index contributed by atoms with van der Waals surface area (Å²) in [6.45, 7) is 7.20. The minimum absolute atomic E-state index is 0.883. The zero-order valence-electron chi connectivity index (χ0n) is 9.41. The first-order valence-corrected chi connectivity index (χ1v) is 5.77. The highest BCUT2D eigenvalue weighted by Crippen LogP contribution is 2.13. The molecule has 0 radical (unpaired) electrons. The van der Waals surface area contributed by atoms with Gasteiger partial charge in [0.2, 0.25) is 0 Å². The molecule has 0 amide bonds. The second-order valence-corrected chi connectivity index (χ2v) is 4.01. The van der Waals surface area contributed by atoms with Crippen LogP contribution in [0.5, 0.6) is 0 Å². The van der Waals surface area contributed by atoms with Crippen molar-refractivity contribution in [3.8, 4) is 0 Å². The van der Waals surface area contributed by atoms with E-state index < -0.39 is 0 Å². The van der Waals surface area contributed by atoms with Gasteiger partial charge in [-0.25, -0.2) is 0 Å². The first kappa shape index (κ1) is 10.7. The zero-order valence-corrected chi connectivity index (χ0v) is 9.41. The third-order valence-electron chi connectivity index (χ3n) is 3.00. The minimum Gasteiger partial charge on any atom is -0.379 e. The maximum atomic E-state index is 5.35. The molecular weight excluding hydrogens is 186 g/mol. The van der Waals surface area contributed by atoms with E-state index in [0.29, 0.717) is 0 Å². The van der Waals surface area contributed by atoms with E-state index in [2.05, 4.69) is 36.1 Å². The first-order valence-electron chi connectivity index (χ1n) is 5.77. The van der Waals surface area contributed by atoms with Crippen molar-refractivity contribution in [2.45, 2.75) is 19.9 Å². The van der Waals surface area contributed by atoms with E-state index in [1.807, 2.05) is 0 Å². The summed E-state index contributed by atoms with van der Waals surface area (Å²) in [6, 6.07) is 8.74. The van der Waals surface area contributed by atoms with Gasteiger partial charge in [-0.2, -0.15) is 0 Å². The van der Waals surface area contributed by atoms with Crippen LogP contribution in [0.4, 0.5) is 0 Å². The van der Waals surface area contributed by atoms with Crippen molar-refractivity contribution in [2.75, 3.05) is 26.3 Å². The van der Waals surface area contributed by atoms with Gasteiger partial charge in [0, 0.05) is 19.6 Å². The average molecular weight is 205 g/mol. The molecule has 0 spiro atoms.